The number of methoxy groups -OCH3 is 1. The second-order valence-corrected chi connectivity index (χ2v) is 7.29. The van der Waals surface area contributed by atoms with Gasteiger partial charge in [0.1, 0.15) is 5.82 Å². The van der Waals surface area contributed by atoms with Crippen molar-refractivity contribution in [1.82, 2.24) is 15.5 Å². The summed E-state index contributed by atoms with van der Waals surface area (Å²) < 4.78 is 18.7. The second-order valence-electron chi connectivity index (χ2n) is 7.29. The highest BCUT2D eigenvalue weighted by Crippen LogP contribution is 2.26. The molecular formula is C20H32FIN4O. The maximum Gasteiger partial charge on any atom is 0.191 e. The molecule has 2 fully saturated rings. The molecule has 2 unspecified atom stereocenters. The molecule has 0 amide bonds. The average Bonchev–Trinajstić information content (AvgIpc) is 3.34. The first-order valence-electron chi connectivity index (χ1n) is 9.69. The molecule has 0 bridgehead atoms. The Balaban J connectivity index is 0.00000261. The number of guanidine groups is 1. The lowest BCUT2D eigenvalue weighted by atomic mass is 10.1. The van der Waals surface area contributed by atoms with Crippen LogP contribution in [0.25, 0.3) is 0 Å². The maximum absolute atomic E-state index is 13.1. The Morgan fingerprint density at radius 3 is 2.59 bits per heavy atom. The Bertz CT molecular complexity index is 592. The molecule has 7 heteroatoms. The number of nitrogens with zero attached hydrogens (tertiary/aromatic N) is 2. The molecule has 2 aliphatic rings. The first kappa shape index (κ1) is 22.4. The molecular weight excluding hydrogens is 458 g/mol. The van der Waals surface area contributed by atoms with Crippen LogP contribution in [0.2, 0.25) is 0 Å². The number of halogens is 2. The normalized spacial score (nSPS) is 22.5. The minimum absolute atomic E-state index is 0. The minimum atomic E-state index is -0.234. The first-order chi connectivity index (χ1) is 12.7. The topological polar surface area (TPSA) is 48.9 Å². The zero-order valence-electron chi connectivity index (χ0n) is 16.3. The van der Waals surface area contributed by atoms with E-state index in [4.69, 9.17) is 4.74 Å². The van der Waals surface area contributed by atoms with Crippen LogP contribution in [0.4, 0.5) is 4.39 Å². The van der Waals surface area contributed by atoms with E-state index in [1.54, 1.807) is 26.3 Å². The highest BCUT2D eigenvalue weighted by molar-refractivity contribution is 14.0. The number of rotatable bonds is 6. The number of nitrogens with one attached hydrogen (secondary N) is 2. The van der Waals surface area contributed by atoms with E-state index in [1.807, 2.05) is 0 Å². The number of aliphatic imine (C=N–C) groups is 1. The van der Waals surface area contributed by atoms with Gasteiger partial charge in [0, 0.05) is 45.9 Å². The van der Waals surface area contributed by atoms with Gasteiger partial charge in [0.25, 0.3) is 0 Å². The Morgan fingerprint density at radius 1 is 1.26 bits per heavy atom. The van der Waals surface area contributed by atoms with Gasteiger partial charge < -0.3 is 15.4 Å². The van der Waals surface area contributed by atoms with Gasteiger partial charge in [-0.3, -0.25) is 9.89 Å². The Hall–Kier alpha value is -0.930. The highest BCUT2D eigenvalue weighted by Gasteiger charge is 2.30. The average molecular weight is 490 g/mol. The predicted octanol–water partition coefficient (Wildman–Crippen LogP) is 3.31. The second kappa shape index (κ2) is 11.2. The van der Waals surface area contributed by atoms with Crippen LogP contribution in [0.5, 0.6) is 0 Å². The van der Waals surface area contributed by atoms with E-state index in [0.717, 1.165) is 30.5 Å². The number of ether oxygens (including phenoxy) is 1. The molecule has 0 spiro atoms. The fraction of sp³-hybridized carbons (Fsp3) is 0.650. The number of benzene rings is 1. The Labute approximate surface area is 179 Å². The largest absolute Gasteiger partial charge is 0.375 e. The van der Waals surface area contributed by atoms with Gasteiger partial charge in [-0.2, -0.15) is 0 Å². The van der Waals surface area contributed by atoms with E-state index in [1.165, 1.54) is 44.4 Å². The van der Waals surface area contributed by atoms with E-state index in [0.29, 0.717) is 12.6 Å². The molecule has 1 aromatic rings. The van der Waals surface area contributed by atoms with E-state index in [9.17, 15) is 4.39 Å². The van der Waals surface area contributed by atoms with Gasteiger partial charge in [-0.05, 0) is 37.0 Å². The van der Waals surface area contributed by atoms with Crippen LogP contribution in [0.15, 0.2) is 29.3 Å². The molecule has 2 N–H and O–H groups in total. The molecule has 0 aromatic heterocycles. The van der Waals surface area contributed by atoms with Crippen molar-refractivity contribution in [3.63, 3.8) is 0 Å². The van der Waals surface area contributed by atoms with Crippen molar-refractivity contribution >= 4 is 29.9 Å². The lowest BCUT2D eigenvalue weighted by molar-refractivity contribution is 0.106. The summed E-state index contributed by atoms with van der Waals surface area (Å²) in [4.78, 5) is 6.98. The van der Waals surface area contributed by atoms with Crippen LogP contribution < -0.4 is 10.6 Å². The summed E-state index contributed by atoms with van der Waals surface area (Å²) in [6.45, 7) is 2.85. The van der Waals surface area contributed by atoms with Gasteiger partial charge in [-0.15, -0.1) is 24.0 Å². The van der Waals surface area contributed by atoms with E-state index >= 15 is 0 Å². The number of hydrogen-bond acceptors (Lipinski definition) is 3. The summed E-state index contributed by atoms with van der Waals surface area (Å²) in [6.07, 6.45) is 6.48. The molecule has 5 nitrogen and oxygen atoms in total. The van der Waals surface area contributed by atoms with Crippen molar-refractivity contribution in [2.24, 2.45) is 4.99 Å². The predicted molar refractivity (Wildman–Crippen MR) is 118 cm³/mol. The third-order valence-corrected chi connectivity index (χ3v) is 5.61. The van der Waals surface area contributed by atoms with Crippen LogP contribution in [0.1, 0.15) is 43.8 Å². The molecule has 1 aliphatic heterocycles. The summed E-state index contributed by atoms with van der Waals surface area (Å²) in [5.41, 5.74) is 0.949. The molecule has 2 atom stereocenters. The highest BCUT2D eigenvalue weighted by atomic mass is 127. The Morgan fingerprint density at radius 2 is 1.96 bits per heavy atom. The van der Waals surface area contributed by atoms with Crippen molar-refractivity contribution in [3.05, 3.63) is 35.6 Å². The van der Waals surface area contributed by atoms with E-state index in [2.05, 4.69) is 20.5 Å². The lowest BCUT2D eigenvalue weighted by Crippen LogP contribution is -2.46. The van der Waals surface area contributed by atoms with Gasteiger partial charge >= 0.3 is 0 Å². The number of hydrogen-bond donors (Lipinski definition) is 2. The third kappa shape index (κ3) is 6.29. The zero-order chi connectivity index (χ0) is 18.4. The summed E-state index contributed by atoms with van der Waals surface area (Å²) in [6, 6.07) is 7.67. The third-order valence-electron chi connectivity index (χ3n) is 5.61. The van der Waals surface area contributed by atoms with Gasteiger partial charge in [0.15, 0.2) is 5.96 Å². The molecule has 27 heavy (non-hydrogen) atoms. The summed E-state index contributed by atoms with van der Waals surface area (Å²) >= 11 is 0. The van der Waals surface area contributed by atoms with Crippen molar-refractivity contribution in [2.45, 2.75) is 50.3 Å². The van der Waals surface area contributed by atoms with Gasteiger partial charge in [-0.1, -0.05) is 25.0 Å². The molecule has 0 radical (unpaired) electrons. The first-order valence-corrected chi connectivity index (χ1v) is 9.69. The van der Waals surface area contributed by atoms with Crippen LogP contribution in [-0.2, 0) is 4.74 Å². The maximum atomic E-state index is 13.1. The van der Waals surface area contributed by atoms with Crippen molar-refractivity contribution in [1.29, 1.82) is 0 Å². The zero-order valence-corrected chi connectivity index (χ0v) is 18.6. The Kier molecular flexibility index (Phi) is 9.25. The molecule has 3 rings (SSSR count). The summed E-state index contributed by atoms with van der Waals surface area (Å²) in [5, 5.41) is 6.89. The quantitative estimate of drug-likeness (QED) is 0.365. The van der Waals surface area contributed by atoms with Crippen molar-refractivity contribution in [3.8, 4) is 0 Å². The van der Waals surface area contributed by atoms with Crippen LogP contribution in [-0.4, -0.2) is 56.7 Å². The molecule has 1 saturated carbocycles. The van der Waals surface area contributed by atoms with E-state index in [-0.39, 0.29) is 35.9 Å². The molecule has 1 heterocycles. The number of likely N-dealkylation sites (tertiary alicyclic amines) is 1. The van der Waals surface area contributed by atoms with Crippen LogP contribution >= 0.6 is 24.0 Å². The lowest BCUT2D eigenvalue weighted by Gasteiger charge is -2.24. The monoisotopic (exact) mass is 490 g/mol. The van der Waals surface area contributed by atoms with Gasteiger partial charge in [0.2, 0.25) is 0 Å². The smallest absolute Gasteiger partial charge is 0.191 e. The minimum Gasteiger partial charge on any atom is -0.375 e. The molecule has 1 aromatic carbocycles. The van der Waals surface area contributed by atoms with Crippen molar-refractivity contribution < 1.29 is 9.13 Å². The fourth-order valence-corrected chi connectivity index (χ4v) is 4.10. The summed E-state index contributed by atoms with van der Waals surface area (Å²) in [5.74, 6) is 0.564. The van der Waals surface area contributed by atoms with Gasteiger partial charge in [0.05, 0.1) is 6.10 Å². The van der Waals surface area contributed by atoms with Crippen LogP contribution in [0, 0.1) is 5.82 Å². The SMILES string of the molecule is CN=C(NCC(OC)c1ccc(F)cc1)NC1CCN(C2CCCC2)C1.I. The summed E-state index contributed by atoms with van der Waals surface area (Å²) in [7, 11) is 3.46. The molecule has 152 valence electrons. The fourth-order valence-electron chi connectivity index (χ4n) is 4.10. The molecule has 1 aliphatic carbocycles. The van der Waals surface area contributed by atoms with E-state index < -0.39 is 0 Å². The van der Waals surface area contributed by atoms with Crippen molar-refractivity contribution in [2.75, 3.05) is 33.8 Å². The van der Waals surface area contributed by atoms with Crippen LogP contribution in [0.3, 0.4) is 0 Å². The standard InChI is InChI=1S/C20H31FN4O.HI/c1-22-20(23-13-19(26-2)15-7-9-16(21)10-8-15)24-17-11-12-25(14-17)18-5-3-4-6-18;/h7-10,17-19H,3-6,11-14H2,1-2H3,(H2,22,23,24);1H. The molecule has 1 saturated heterocycles. The van der Waals surface area contributed by atoms with Gasteiger partial charge in [-0.25, -0.2) is 4.39 Å².